The number of alkyl halides is 3. The van der Waals surface area contributed by atoms with E-state index in [9.17, 15) is 13.2 Å². The van der Waals surface area contributed by atoms with Crippen molar-refractivity contribution in [1.29, 1.82) is 0 Å². The topological polar surface area (TPSA) is 21.3 Å². The summed E-state index contributed by atoms with van der Waals surface area (Å²) in [6.07, 6.45) is -4.27. The van der Waals surface area contributed by atoms with Crippen LogP contribution in [0.3, 0.4) is 0 Å². The van der Waals surface area contributed by atoms with Gasteiger partial charge in [-0.25, -0.2) is 0 Å². The molecule has 20 heavy (non-hydrogen) atoms. The second-order valence-electron chi connectivity index (χ2n) is 4.24. The first-order valence-corrected chi connectivity index (χ1v) is 6.82. The summed E-state index contributed by atoms with van der Waals surface area (Å²) in [5.41, 5.74) is 0.874. The van der Waals surface area contributed by atoms with E-state index in [4.69, 9.17) is 0 Å². The number of rotatable bonds is 5. The van der Waals surface area contributed by atoms with Crippen LogP contribution in [-0.2, 0) is 4.74 Å². The van der Waals surface area contributed by atoms with Crippen LogP contribution in [0.5, 0.6) is 0 Å². The molecule has 0 saturated heterocycles. The van der Waals surface area contributed by atoms with Gasteiger partial charge >= 0.3 is 6.18 Å². The van der Waals surface area contributed by atoms with Gasteiger partial charge in [-0.05, 0) is 17.5 Å². The highest BCUT2D eigenvalue weighted by molar-refractivity contribution is 9.10. The zero-order valence-electron chi connectivity index (χ0n) is 10.5. The largest absolute Gasteiger partial charge is 0.411 e. The van der Waals surface area contributed by atoms with E-state index in [0.29, 0.717) is 6.54 Å². The Morgan fingerprint density at radius 1 is 1.05 bits per heavy atom. The smallest absolute Gasteiger partial charge is 0.382 e. The summed E-state index contributed by atoms with van der Waals surface area (Å²) < 4.78 is 41.3. The maximum Gasteiger partial charge on any atom is 0.411 e. The lowest BCUT2D eigenvalue weighted by molar-refractivity contribution is -0.172. The zero-order valence-corrected chi connectivity index (χ0v) is 12.1. The average molecular weight is 348 g/mol. The lowest BCUT2D eigenvalue weighted by atomic mass is 10.1. The Morgan fingerprint density at radius 2 is 1.75 bits per heavy atom. The first-order chi connectivity index (χ1) is 9.47. The summed E-state index contributed by atoms with van der Waals surface area (Å²) in [4.78, 5) is 0. The van der Waals surface area contributed by atoms with Crippen LogP contribution in [0.1, 0.15) is 0 Å². The predicted molar refractivity (Wildman–Crippen MR) is 77.0 cm³/mol. The van der Waals surface area contributed by atoms with Crippen molar-refractivity contribution in [3.05, 3.63) is 40.9 Å². The minimum absolute atomic E-state index is 0.00387. The molecule has 0 amide bonds. The maximum absolute atomic E-state index is 11.9. The lowest BCUT2D eigenvalue weighted by Gasteiger charge is -2.12. The van der Waals surface area contributed by atoms with Crippen molar-refractivity contribution in [1.82, 2.24) is 0 Å². The molecule has 0 spiro atoms. The van der Waals surface area contributed by atoms with Crippen LogP contribution in [0.2, 0.25) is 0 Å². The van der Waals surface area contributed by atoms with Crippen molar-refractivity contribution in [2.24, 2.45) is 0 Å². The highest BCUT2D eigenvalue weighted by Crippen LogP contribution is 2.29. The summed E-state index contributed by atoms with van der Waals surface area (Å²) in [6, 6.07) is 11.6. The molecule has 0 aliphatic carbocycles. The van der Waals surface area contributed by atoms with Crippen LogP contribution in [-0.4, -0.2) is 25.9 Å². The molecule has 0 aliphatic heterocycles. The molecule has 0 heterocycles. The van der Waals surface area contributed by atoms with Crippen molar-refractivity contribution in [2.75, 3.05) is 25.1 Å². The average Bonchev–Trinajstić information content (AvgIpc) is 2.40. The quantitative estimate of drug-likeness (QED) is 0.798. The van der Waals surface area contributed by atoms with E-state index in [1.165, 1.54) is 0 Å². The van der Waals surface area contributed by atoms with Gasteiger partial charge in [0.05, 0.1) is 6.61 Å². The number of benzene rings is 2. The van der Waals surface area contributed by atoms with E-state index in [1.807, 2.05) is 36.4 Å². The van der Waals surface area contributed by atoms with E-state index in [-0.39, 0.29) is 6.61 Å². The third kappa shape index (κ3) is 4.11. The molecule has 0 radical (unpaired) electrons. The molecular formula is C14H13BrF3NO. The lowest BCUT2D eigenvalue weighted by Crippen LogP contribution is -2.20. The fourth-order valence-electron chi connectivity index (χ4n) is 1.86. The molecule has 0 aliphatic rings. The molecule has 6 heteroatoms. The van der Waals surface area contributed by atoms with Gasteiger partial charge in [-0.15, -0.1) is 0 Å². The number of anilines is 1. The molecule has 0 atom stereocenters. The van der Waals surface area contributed by atoms with Crippen LogP contribution in [0.25, 0.3) is 10.8 Å². The van der Waals surface area contributed by atoms with Gasteiger partial charge in [0.2, 0.25) is 0 Å². The van der Waals surface area contributed by atoms with Crippen molar-refractivity contribution in [3.63, 3.8) is 0 Å². The van der Waals surface area contributed by atoms with Gasteiger partial charge in [-0.2, -0.15) is 13.2 Å². The Morgan fingerprint density at radius 3 is 2.45 bits per heavy atom. The minimum atomic E-state index is -4.27. The van der Waals surface area contributed by atoms with Crippen molar-refractivity contribution in [3.8, 4) is 0 Å². The summed E-state index contributed by atoms with van der Waals surface area (Å²) >= 11 is 3.47. The van der Waals surface area contributed by atoms with Crippen molar-refractivity contribution in [2.45, 2.75) is 6.18 Å². The van der Waals surface area contributed by atoms with Crippen LogP contribution < -0.4 is 5.32 Å². The summed E-state index contributed by atoms with van der Waals surface area (Å²) in [6.45, 7) is -0.888. The second-order valence-corrected chi connectivity index (χ2v) is 5.09. The van der Waals surface area contributed by atoms with Gasteiger partial charge in [0, 0.05) is 22.1 Å². The Balaban J connectivity index is 1.95. The van der Waals surface area contributed by atoms with Gasteiger partial charge in [0.15, 0.2) is 0 Å². The van der Waals surface area contributed by atoms with Crippen molar-refractivity contribution < 1.29 is 17.9 Å². The van der Waals surface area contributed by atoms with Crippen LogP contribution in [0, 0.1) is 0 Å². The van der Waals surface area contributed by atoms with Crippen LogP contribution >= 0.6 is 15.9 Å². The summed E-state index contributed by atoms with van der Waals surface area (Å²) in [5.74, 6) is 0. The zero-order chi connectivity index (χ0) is 14.6. The van der Waals surface area contributed by atoms with E-state index < -0.39 is 12.8 Å². The van der Waals surface area contributed by atoms with E-state index in [1.54, 1.807) is 0 Å². The number of ether oxygens (including phenoxy) is 1. The molecule has 0 aromatic heterocycles. The fourth-order valence-corrected chi connectivity index (χ4v) is 2.34. The Kier molecular flexibility index (Phi) is 4.88. The molecule has 0 fully saturated rings. The summed E-state index contributed by atoms with van der Waals surface area (Å²) in [7, 11) is 0. The predicted octanol–water partition coefficient (Wildman–Crippen LogP) is 4.59. The van der Waals surface area contributed by atoms with Gasteiger partial charge in [0.1, 0.15) is 6.61 Å². The molecule has 1 N–H and O–H groups in total. The van der Waals surface area contributed by atoms with E-state index >= 15 is 0 Å². The molecule has 0 saturated carbocycles. The molecule has 2 nitrogen and oxygen atoms in total. The highest BCUT2D eigenvalue weighted by atomic mass is 79.9. The first kappa shape index (κ1) is 15.1. The minimum Gasteiger partial charge on any atom is -0.382 e. The van der Waals surface area contributed by atoms with Gasteiger partial charge in [0.25, 0.3) is 0 Å². The van der Waals surface area contributed by atoms with Gasteiger partial charge in [-0.1, -0.05) is 40.2 Å². The fraction of sp³-hybridized carbons (Fsp3) is 0.286. The van der Waals surface area contributed by atoms with Gasteiger partial charge < -0.3 is 10.1 Å². The molecule has 0 bridgehead atoms. The molecule has 0 unspecified atom stereocenters. The number of hydrogen-bond donors (Lipinski definition) is 1. The third-order valence-electron chi connectivity index (χ3n) is 2.70. The SMILES string of the molecule is FC(F)(F)COCCNc1ccc(Br)c2ccccc12. The van der Waals surface area contributed by atoms with E-state index in [0.717, 1.165) is 20.9 Å². The normalized spacial score (nSPS) is 11.8. The number of hydrogen-bond acceptors (Lipinski definition) is 2. The second kappa shape index (κ2) is 6.45. The molecule has 108 valence electrons. The number of nitrogens with one attached hydrogen (secondary N) is 1. The van der Waals surface area contributed by atoms with Crippen LogP contribution in [0.4, 0.5) is 18.9 Å². The van der Waals surface area contributed by atoms with Crippen molar-refractivity contribution >= 4 is 32.4 Å². The monoisotopic (exact) mass is 347 g/mol. The highest BCUT2D eigenvalue weighted by Gasteiger charge is 2.27. The standard InChI is InChI=1S/C14H13BrF3NO/c15-12-5-6-13(11-4-2-1-3-10(11)12)19-7-8-20-9-14(16,17)18/h1-6,19H,7-9H2. The van der Waals surface area contributed by atoms with E-state index in [2.05, 4.69) is 26.0 Å². The number of halogens is 4. The summed E-state index contributed by atoms with van der Waals surface area (Å²) in [5, 5.41) is 5.15. The molecular weight excluding hydrogens is 335 g/mol. The third-order valence-corrected chi connectivity index (χ3v) is 3.39. The maximum atomic E-state index is 11.9. The van der Waals surface area contributed by atoms with Crippen LogP contribution in [0.15, 0.2) is 40.9 Å². The Bertz CT molecular complexity index is 586. The Labute approximate surface area is 123 Å². The molecule has 2 aromatic rings. The molecule has 2 aromatic carbocycles. The Hall–Kier alpha value is -1.27. The first-order valence-electron chi connectivity index (χ1n) is 6.03. The number of fused-ring (bicyclic) bond motifs is 1. The van der Waals surface area contributed by atoms with Gasteiger partial charge in [-0.3, -0.25) is 0 Å². The molecule has 2 rings (SSSR count).